The summed E-state index contributed by atoms with van der Waals surface area (Å²) in [4.78, 5) is 0.372. The van der Waals surface area contributed by atoms with Crippen molar-refractivity contribution in [3.63, 3.8) is 0 Å². The van der Waals surface area contributed by atoms with Gasteiger partial charge in [-0.3, -0.25) is 0 Å². The molecule has 0 aliphatic heterocycles. The molecule has 0 atom stereocenters. The van der Waals surface area contributed by atoms with Crippen LogP contribution in [-0.4, -0.2) is 24.9 Å². The minimum absolute atomic E-state index is 0.256. The van der Waals surface area contributed by atoms with Gasteiger partial charge in [0.2, 0.25) is 0 Å². The minimum Gasteiger partial charge on any atom is -0.380 e. The summed E-state index contributed by atoms with van der Waals surface area (Å²) in [6, 6.07) is 0. The van der Waals surface area contributed by atoms with Crippen LogP contribution in [0, 0.1) is 0 Å². The lowest BCUT2D eigenvalue weighted by Gasteiger charge is -2.03. The minimum atomic E-state index is 0.256. The Balaban J connectivity index is 3.82. The zero-order valence-electron chi connectivity index (χ0n) is 5.93. The number of nitrogens with two attached hydrogens (primary N) is 1. The van der Waals surface area contributed by atoms with E-state index in [0.717, 1.165) is 0 Å². The Hall–Kier alpha value is -0.880. The molecule has 0 aliphatic carbocycles. The SMILES string of the molecule is CN/N=C(\N)C(=S)NNC. The van der Waals surface area contributed by atoms with Gasteiger partial charge in [-0.15, -0.1) is 0 Å². The Bertz CT molecular complexity index is 143. The van der Waals surface area contributed by atoms with Crippen LogP contribution in [0.25, 0.3) is 0 Å². The van der Waals surface area contributed by atoms with Gasteiger partial charge >= 0.3 is 0 Å². The Labute approximate surface area is 65.0 Å². The molecule has 58 valence electrons. The molecule has 0 amide bonds. The van der Waals surface area contributed by atoms with Crippen LogP contribution in [0.15, 0.2) is 5.10 Å². The quantitative estimate of drug-likeness (QED) is 0.172. The topological polar surface area (TPSA) is 74.5 Å². The first kappa shape index (κ1) is 9.12. The highest BCUT2D eigenvalue weighted by Gasteiger charge is 1.97. The first-order valence-electron chi connectivity index (χ1n) is 2.69. The molecule has 0 fully saturated rings. The number of hydrazone groups is 1. The second kappa shape index (κ2) is 4.95. The second-order valence-electron chi connectivity index (χ2n) is 1.42. The highest BCUT2D eigenvalue weighted by atomic mass is 32.1. The van der Waals surface area contributed by atoms with Crippen LogP contribution in [0.2, 0.25) is 0 Å². The molecular weight excluding hydrogens is 150 g/mol. The molecule has 0 spiro atoms. The van der Waals surface area contributed by atoms with Crippen LogP contribution in [-0.2, 0) is 0 Å². The lowest BCUT2D eigenvalue weighted by atomic mass is 10.6. The number of thiocarbonyl (C=S) groups is 1. The van der Waals surface area contributed by atoms with E-state index in [2.05, 4.69) is 21.4 Å². The van der Waals surface area contributed by atoms with Crippen molar-refractivity contribution >= 4 is 23.0 Å². The van der Waals surface area contributed by atoms with Crippen LogP contribution in [0.4, 0.5) is 0 Å². The van der Waals surface area contributed by atoms with E-state index in [-0.39, 0.29) is 5.84 Å². The zero-order chi connectivity index (χ0) is 7.98. The van der Waals surface area contributed by atoms with E-state index in [1.807, 2.05) is 0 Å². The third-order valence-electron chi connectivity index (χ3n) is 0.703. The lowest BCUT2D eigenvalue weighted by Crippen LogP contribution is -2.41. The Kier molecular flexibility index (Phi) is 4.51. The molecule has 5 N–H and O–H groups in total. The summed E-state index contributed by atoms with van der Waals surface area (Å²) in [5.41, 5.74) is 13.1. The highest BCUT2D eigenvalue weighted by molar-refractivity contribution is 7.82. The van der Waals surface area contributed by atoms with Crippen molar-refractivity contribution in [2.75, 3.05) is 14.1 Å². The van der Waals surface area contributed by atoms with Crippen molar-refractivity contribution < 1.29 is 0 Å². The molecule has 10 heavy (non-hydrogen) atoms. The molecule has 6 heteroatoms. The first-order chi connectivity index (χ1) is 4.72. The van der Waals surface area contributed by atoms with Crippen molar-refractivity contribution in [2.24, 2.45) is 10.8 Å². The fraction of sp³-hybridized carbons (Fsp3) is 0.500. The van der Waals surface area contributed by atoms with E-state index in [1.54, 1.807) is 14.1 Å². The summed E-state index contributed by atoms with van der Waals surface area (Å²) in [6.07, 6.45) is 0. The summed E-state index contributed by atoms with van der Waals surface area (Å²) in [7, 11) is 3.34. The normalized spacial score (nSPS) is 10.8. The Morgan fingerprint density at radius 1 is 1.50 bits per heavy atom. The zero-order valence-corrected chi connectivity index (χ0v) is 6.75. The van der Waals surface area contributed by atoms with E-state index in [0.29, 0.717) is 4.99 Å². The number of hydrazine groups is 1. The Morgan fingerprint density at radius 2 is 2.10 bits per heavy atom. The standard InChI is InChI=1S/C4H11N5S/c1-6-8-3(5)4(10)9-7-2/h6-7H,1-2H3,(H2,5,8)(H,9,10). The van der Waals surface area contributed by atoms with Gasteiger partial charge in [0.1, 0.15) is 0 Å². The van der Waals surface area contributed by atoms with Gasteiger partial charge < -0.3 is 16.6 Å². The first-order valence-corrected chi connectivity index (χ1v) is 3.10. The molecule has 0 aromatic heterocycles. The summed E-state index contributed by atoms with van der Waals surface area (Å²) in [6.45, 7) is 0. The van der Waals surface area contributed by atoms with Crippen LogP contribution < -0.4 is 22.0 Å². The van der Waals surface area contributed by atoms with E-state index in [9.17, 15) is 0 Å². The third kappa shape index (κ3) is 3.21. The summed E-state index contributed by atoms with van der Waals surface area (Å²) >= 11 is 4.77. The van der Waals surface area contributed by atoms with Crippen LogP contribution in [0.5, 0.6) is 0 Å². The summed E-state index contributed by atoms with van der Waals surface area (Å²) in [5, 5.41) is 3.64. The smallest absolute Gasteiger partial charge is 0.179 e. The van der Waals surface area contributed by atoms with E-state index < -0.39 is 0 Å². The number of hydrogen-bond acceptors (Lipinski definition) is 4. The number of nitrogens with zero attached hydrogens (tertiary/aromatic N) is 1. The van der Waals surface area contributed by atoms with Crippen molar-refractivity contribution in [3.8, 4) is 0 Å². The van der Waals surface area contributed by atoms with Crippen molar-refractivity contribution in [2.45, 2.75) is 0 Å². The fourth-order valence-corrected chi connectivity index (χ4v) is 0.496. The fourth-order valence-electron chi connectivity index (χ4n) is 0.349. The monoisotopic (exact) mass is 161 g/mol. The van der Waals surface area contributed by atoms with Crippen LogP contribution in [0.3, 0.4) is 0 Å². The molecule has 0 bridgehead atoms. The molecular formula is C4H11N5S. The van der Waals surface area contributed by atoms with E-state index >= 15 is 0 Å². The molecule has 0 unspecified atom stereocenters. The molecule has 5 nitrogen and oxygen atoms in total. The maximum absolute atomic E-state index is 5.36. The molecule has 0 saturated heterocycles. The van der Waals surface area contributed by atoms with Gasteiger partial charge in [-0.2, -0.15) is 5.10 Å². The van der Waals surface area contributed by atoms with E-state index in [1.165, 1.54) is 0 Å². The predicted molar refractivity (Wildman–Crippen MR) is 45.5 cm³/mol. The largest absolute Gasteiger partial charge is 0.380 e. The van der Waals surface area contributed by atoms with Gasteiger partial charge in [-0.1, -0.05) is 12.2 Å². The number of hydrogen-bond donors (Lipinski definition) is 4. The molecule has 0 aromatic carbocycles. The lowest BCUT2D eigenvalue weighted by molar-refractivity contribution is 0.780. The molecule has 0 heterocycles. The summed E-state index contributed by atoms with van der Waals surface area (Å²) in [5.74, 6) is 0.256. The van der Waals surface area contributed by atoms with Crippen molar-refractivity contribution in [3.05, 3.63) is 0 Å². The maximum Gasteiger partial charge on any atom is 0.179 e. The van der Waals surface area contributed by atoms with Crippen LogP contribution >= 0.6 is 12.2 Å². The van der Waals surface area contributed by atoms with Gasteiger partial charge in [0.25, 0.3) is 0 Å². The number of rotatable bonds is 2. The van der Waals surface area contributed by atoms with Crippen molar-refractivity contribution in [1.29, 1.82) is 0 Å². The van der Waals surface area contributed by atoms with Gasteiger partial charge in [0, 0.05) is 14.1 Å². The Morgan fingerprint density at radius 3 is 2.50 bits per heavy atom. The average molecular weight is 161 g/mol. The third-order valence-corrected chi connectivity index (χ3v) is 1.01. The molecule has 0 aliphatic rings. The van der Waals surface area contributed by atoms with Gasteiger partial charge in [0.15, 0.2) is 10.8 Å². The average Bonchev–Trinajstić information content (AvgIpc) is 1.89. The summed E-state index contributed by atoms with van der Waals surface area (Å²) < 4.78 is 0. The maximum atomic E-state index is 5.36. The highest BCUT2D eigenvalue weighted by Crippen LogP contribution is 1.69. The van der Waals surface area contributed by atoms with E-state index in [4.69, 9.17) is 18.0 Å². The van der Waals surface area contributed by atoms with Crippen molar-refractivity contribution in [1.82, 2.24) is 16.3 Å². The molecule has 0 aromatic rings. The van der Waals surface area contributed by atoms with Gasteiger partial charge in [0.05, 0.1) is 0 Å². The van der Waals surface area contributed by atoms with Gasteiger partial charge in [-0.25, -0.2) is 5.43 Å². The molecule has 0 rings (SSSR count). The molecule has 0 saturated carbocycles. The number of nitrogens with one attached hydrogen (secondary N) is 3. The number of amidine groups is 1. The second-order valence-corrected chi connectivity index (χ2v) is 1.83. The predicted octanol–water partition coefficient (Wildman–Crippen LogP) is -1.47. The van der Waals surface area contributed by atoms with Gasteiger partial charge in [-0.05, 0) is 0 Å². The molecule has 0 radical (unpaired) electrons. The van der Waals surface area contributed by atoms with Crippen LogP contribution in [0.1, 0.15) is 0 Å².